The molecular formula is C29H28ClN5O. The van der Waals surface area contributed by atoms with Crippen molar-refractivity contribution in [1.82, 2.24) is 20.2 Å². The topological polar surface area (TPSA) is 61.4 Å². The minimum Gasteiger partial charge on any atom is -0.352 e. The summed E-state index contributed by atoms with van der Waals surface area (Å²) in [6, 6.07) is 15.5. The third kappa shape index (κ3) is 4.80. The van der Waals surface area contributed by atoms with E-state index in [0.29, 0.717) is 24.7 Å². The Bertz CT molecular complexity index is 1340. The SMILES string of the molecule is C#Cc1ccc(C2=Cc3c(ncnc3N3CCN(C(=O)N[C@@H](C)c4ccc(Cl)cc4)[C@H](C)C3)C2)cc1. The Kier molecular flexibility index (Phi) is 6.67. The summed E-state index contributed by atoms with van der Waals surface area (Å²) in [4.78, 5) is 26.4. The van der Waals surface area contributed by atoms with Crippen LogP contribution in [0.3, 0.4) is 0 Å². The van der Waals surface area contributed by atoms with Crippen molar-refractivity contribution in [1.29, 1.82) is 0 Å². The smallest absolute Gasteiger partial charge is 0.318 e. The third-order valence-electron chi connectivity index (χ3n) is 6.94. The summed E-state index contributed by atoms with van der Waals surface area (Å²) in [5.41, 5.74) is 6.33. The number of nitrogens with zero attached hydrogens (tertiary/aromatic N) is 4. The van der Waals surface area contributed by atoms with Crippen LogP contribution in [0.4, 0.5) is 10.6 Å². The van der Waals surface area contributed by atoms with Gasteiger partial charge in [-0.2, -0.15) is 0 Å². The number of aromatic nitrogens is 2. The fourth-order valence-corrected chi connectivity index (χ4v) is 5.01. The molecule has 2 atom stereocenters. The van der Waals surface area contributed by atoms with Crippen molar-refractivity contribution < 1.29 is 4.79 Å². The van der Waals surface area contributed by atoms with E-state index in [-0.39, 0.29) is 18.1 Å². The first kappa shape index (κ1) is 23.9. The number of piperazine rings is 1. The maximum absolute atomic E-state index is 13.1. The van der Waals surface area contributed by atoms with Gasteiger partial charge in [0.25, 0.3) is 0 Å². The van der Waals surface area contributed by atoms with Gasteiger partial charge in [-0.05, 0) is 60.9 Å². The Morgan fingerprint density at radius 3 is 2.58 bits per heavy atom. The molecule has 1 fully saturated rings. The van der Waals surface area contributed by atoms with E-state index in [2.05, 4.69) is 51.2 Å². The average Bonchev–Trinajstić information content (AvgIpc) is 3.33. The number of nitrogens with one attached hydrogen (secondary N) is 1. The summed E-state index contributed by atoms with van der Waals surface area (Å²) in [7, 11) is 0. The molecule has 2 amide bonds. The first-order valence-electron chi connectivity index (χ1n) is 12.1. The molecule has 0 radical (unpaired) electrons. The molecule has 36 heavy (non-hydrogen) atoms. The summed E-state index contributed by atoms with van der Waals surface area (Å²) < 4.78 is 0. The summed E-state index contributed by atoms with van der Waals surface area (Å²) in [5.74, 6) is 3.59. The maximum atomic E-state index is 13.1. The number of carbonyl (C=O) groups is 1. The third-order valence-corrected chi connectivity index (χ3v) is 7.19. The molecule has 1 aromatic heterocycles. The van der Waals surface area contributed by atoms with Crippen LogP contribution in [-0.4, -0.2) is 46.6 Å². The Labute approximate surface area is 217 Å². The number of terminal acetylenes is 1. The van der Waals surface area contributed by atoms with Gasteiger partial charge in [0, 0.05) is 48.2 Å². The first-order valence-corrected chi connectivity index (χ1v) is 12.5. The van der Waals surface area contributed by atoms with E-state index in [4.69, 9.17) is 18.0 Å². The molecule has 7 heteroatoms. The number of allylic oxidation sites excluding steroid dienone is 1. The van der Waals surface area contributed by atoms with Crippen molar-refractivity contribution in [2.75, 3.05) is 24.5 Å². The molecule has 2 aromatic carbocycles. The lowest BCUT2D eigenvalue weighted by Gasteiger charge is -2.41. The van der Waals surface area contributed by atoms with Gasteiger partial charge in [0.1, 0.15) is 12.1 Å². The van der Waals surface area contributed by atoms with Gasteiger partial charge in [-0.15, -0.1) is 6.42 Å². The molecule has 2 heterocycles. The lowest BCUT2D eigenvalue weighted by molar-refractivity contribution is 0.168. The number of carbonyl (C=O) groups excluding carboxylic acids is 1. The number of amides is 2. The van der Waals surface area contributed by atoms with Gasteiger partial charge in [-0.25, -0.2) is 14.8 Å². The molecule has 0 saturated carbocycles. The van der Waals surface area contributed by atoms with Gasteiger partial charge in [0.2, 0.25) is 0 Å². The van der Waals surface area contributed by atoms with Crippen LogP contribution >= 0.6 is 11.6 Å². The maximum Gasteiger partial charge on any atom is 0.318 e. The molecule has 3 aromatic rings. The van der Waals surface area contributed by atoms with E-state index in [1.165, 1.54) is 5.57 Å². The second kappa shape index (κ2) is 10.0. The van der Waals surface area contributed by atoms with Crippen LogP contribution in [0.1, 0.15) is 47.8 Å². The number of benzene rings is 2. The van der Waals surface area contributed by atoms with Crippen LogP contribution < -0.4 is 10.2 Å². The van der Waals surface area contributed by atoms with Crippen LogP contribution in [0.25, 0.3) is 11.6 Å². The van der Waals surface area contributed by atoms with Crippen LogP contribution in [0.15, 0.2) is 54.9 Å². The molecule has 0 unspecified atom stereocenters. The zero-order valence-electron chi connectivity index (χ0n) is 20.4. The van der Waals surface area contributed by atoms with Crippen molar-refractivity contribution in [3.05, 3.63) is 87.8 Å². The van der Waals surface area contributed by atoms with Crippen LogP contribution in [0, 0.1) is 12.3 Å². The van der Waals surface area contributed by atoms with Crippen molar-refractivity contribution in [3.8, 4) is 12.3 Å². The number of rotatable bonds is 4. The lowest BCUT2D eigenvalue weighted by Crippen LogP contribution is -2.57. The number of fused-ring (bicyclic) bond motifs is 1. The van der Waals surface area contributed by atoms with Crippen molar-refractivity contribution in [2.24, 2.45) is 0 Å². The molecule has 2 aliphatic rings. The lowest BCUT2D eigenvalue weighted by atomic mass is 10.0. The summed E-state index contributed by atoms with van der Waals surface area (Å²) in [5, 5.41) is 3.80. The van der Waals surface area contributed by atoms with Gasteiger partial charge in [-0.1, -0.05) is 41.8 Å². The normalized spacial score (nSPS) is 17.7. The van der Waals surface area contributed by atoms with E-state index in [1.807, 2.05) is 48.2 Å². The molecule has 1 N–H and O–H groups in total. The fourth-order valence-electron chi connectivity index (χ4n) is 4.89. The highest BCUT2D eigenvalue weighted by molar-refractivity contribution is 6.30. The highest BCUT2D eigenvalue weighted by atomic mass is 35.5. The van der Waals surface area contributed by atoms with E-state index >= 15 is 0 Å². The second-order valence-electron chi connectivity index (χ2n) is 9.34. The number of halogens is 1. The summed E-state index contributed by atoms with van der Waals surface area (Å²) in [6.07, 6.45) is 10.1. The molecule has 1 aliphatic heterocycles. The van der Waals surface area contributed by atoms with Gasteiger partial charge < -0.3 is 15.1 Å². The Hall–Kier alpha value is -3.82. The predicted molar refractivity (Wildman–Crippen MR) is 145 cm³/mol. The van der Waals surface area contributed by atoms with Crippen molar-refractivity contribution >= 4 is 35.1 Å². The highest BCUT2D eigenvalue weighted by Crippen LogP contribution is 2.35. The zero-order valence-corrected chi connectivity index (χ0v) is 21.2. The Morgan fingerprint density at radius 1 is 1.14 bits per heavy atom. The Balaban J connectivity index is 1.27. The minimum atomic E-state index is -0.108. The van der Waals surface area contributed by atoms with E-state index in [0.717, 1.165) is 40.2 Å². The summed E-state index contributed by atoms with van der Waals surface area (Å²) in [6.45, 7) is 6.08. The summed E-state index contributed by atoms with van der Waals surface area (Å²) >= 11 is 5.99. The molecule has 5 rings (SSSR count). The largest absolute Gasteiger partial charge is 0.352 e. The zero-order chi connectivity index (χ0) is 25.2. The molecule has 1 aliphatic carbocycles. The fraction of sp³-hybridized carbons (Fsp3) is 0.276. The molecule has 0 spiro atoms. The molecular weight excluding hydrogens is 470 g/mol. The quantitative estimate of drug-likeness (QED) is 0.504. The molecule has 6 nitrogen and oxygen atoms in total. The standard InChI is InChI=1S/C29H28ClN5O/c1-4-21-5-7-23(8-6-21)24-15-26-27(16-24)31-18-32-28(26)34-13-14-35(19(2)17-34)29(36)33-20(3)22-9-11-25(30)12-10-22/h1,5-12,15,18-20H,13-14,16-17H2,2-3H3,(H,33,36)/t19-,20+/m1/s1. The predicted octanol–water partition coefficient (Wildman–Crippen LogP) is 5.19. The average molecular weight is 498 g/mol. The number of urea groups is 1. The Morgan fingerprint density at radius 2 is 1.89 bits per heavy atom. The van der Waals surface area contributed by atoms with Crippen LogP contribution in [-0.2, 0) is 6.42 Å². The number of anilines is 1. The number of hydrogen-bond donors (Lipinski definition) is 1. The molecule has 182 valence electrons. The minimum absolute atomic E-state index is 0.0305. The van der Waals surface area contributed by atoms with Gasteiger partial charge >= 0.3 is 6.03 Å². The van der Waals surface area contributed by atoms with E-state index in [9.17, 15) is 4.79 Å². The second-order valence-corrected chi connectivity index (χ2v) is 9.77. The number of hydrogen-bond acceptors (Lipinski definition) is 4. The van der Waals surface area contributed by atoms with Crippen molar-refractivity contribution in [3.63, 3.8) is 0 Å². The van der Waals surface area contributed by atoms with E-state index in [1.54, 1.807) is 6.33 Å². The highest BCUT2D eigenvalue weighted by Gasteiger charge is 2.31. The first-order chi connectivity index (χ1) is 17.4. The molecule has 0 bridgehead atoms. The van der Waals surface area contributed by atoms with Gasteiger partial charge in [-0.3, -0.25) is 0 Å². The monoisotopic (exact) mass is 497 g/mol. The molecule has 1 saturated heterocycles. The van der Waals surface area contributed by atoms with Crippen molar-refractivity contribution in [2.45, 2.75) is 32.4 Å². The van der Waals surface area contributed by atoms with E-state index < -0.39 is 0 Å². The van der Waals surface area contributed by atoms with Gasteiger partial charge in [0.15, 0.2) is 0 Å². The van der Waals surface area contributed by atoms with Gasteiger partial charge in [0.05, 0.1) is 11.7 Å². The van der Waals surface area contributed by atoms with Crippen LogP contribution in [0.5, 0.6) is 0 Å². The van der Waals surface area contributed by atoms with Crippen LogP contribution in [0.2, 0.25) is 5.02 Å².